The number of nitrogens with zero attached hydrogens (tertiary/aromatic N) is 9. The Kier molecular flexibility index (Phi) is 5.73. The minimum atomic E-state index is -4.74. The maximum absolute atomic E-state index is 13.0. The maximum atomic E-state index is 13.0. The summed E-state index contributed by atoms with van der Waals surface area (Å²) in [5.41, 5.74) is 1.21. The number of amides is 1. The molecule has 6 rings (SSSR count). The van der Waals surface area contributed by atoms with Crippen molar-refractivity contribution in [3.63, 3.8) is 0 Å². The van der Waals surface area contributed by atoms with E-state index in [9.17, 15) is 23.2 Å². The monoisotopic (exact) mass is 537 g/mol. The second kappa shape index (κ2) is 9.42. The number of carbonyl (C=O) groups is 1. The lowest BCUT2D eigenvalue weighted by molar-refractivity contribution is -0.145. The fourth-order valence-electron chi connectivity index (χ4n) is 5.26. The van der Waals surface area contributed by atoms with Crippen LogP contribution in [0.2, 0.25) is 0 Å². The average molecular weight is 538 g/mol. The Bertz CT molecular complexity index is 1610. The largest absolute Gasteiger partial charge is 0.451 e. The number of alkyl halides is 3. The van der Waals surface area contributed by atoms with Crippen molar-refractivity contribution in [3.05, 3.63) is 54.8 Å². The van der Waals surface area contributed by atoms with Gasteiger partial charge in [0, 0.05) is 63.1 Å². The van der Waals surface area contributed by atoms with Crippen molar-refractivity contribution < 1.29 is 19.3 Å². The molecular weight excluding hydrogens is 513 g/mol. The predicted molar refractivity (Wildman–Crippen MR) is 131 cm³/mol. The summed E-state index contributed by atoms with van der Waals surface area (Å²) < 4.78 is 49.8. The number of H-pyrrole nitrogens is 1. The summed E-state index contributed by atoms with van der Waals surface area (Å²) in [6.07, 6.45) is 3.85. The fraction of sp³-hybridized carbons (Fsp3) is 0.400. The Labute approximate surface area is 221 Å². The number of nitrogens with one attached hydrogen (secondary N) is 1. The Morgan fingerprint density at radius 1 is 1.21 bits per heavy atom. The third-order valence-corrected chi connectivity index (χ3v) is 7.31. The molecule has 14 heteroatoms. The van der Waals surface area contributed by atoms with Crippen molar-refractivity contribution in [2.24, 2.45) is 0 Å². The Morgan fingerprint density at radius 2 is 2.00 bits per heavy atom. The van der Waals surface area contributed by atoms with Crippen LogP contribution in [0.3, 0.4) is 0 Å². The third-order valence-electron chi connectivity index (χ3n) is 7.31. The highest BCUT2D eigenvalue weighted by molar-refractivity contribution is 5.92. The number of fused-ring (bicyclic) bond motifs is 1. The van der Waals surface area contributed by atoms with Gasteiger partial charge >= 0.3 is 6.18 Å². The molecule has 2 fully saturated rings. The smallest absolute Gasteiger partial charge is 0.346 e. The van der Waals surface area contributed by atoms with Gasteiger partial charge in [-0.1, -0.05) is 0 Å². The van der Waals surface area contributed by atoms with E-state index in [0.717, 1.165) is 17.1 Å². The van der Waals surface area contributed by atoms with Gasteiger partial charge in [-0.2, -0.15) is 23.5 Å². The Balaban J connectivity index is 1.14. The summed E-state index contributed by atoms with van der Waals surface area (Å²) >= 11 is 0. The van der Waals surface area contributed by atoms with Crippen molar-refractivity contribution in [1.29, 1.82) is 5.26 Å². The molecule has 0 bridgehead atoms. The van der Waals surface area contributed by atoms with Gasteiger partial charge < -0.3 is 9.88 Å². The van der Waals surface area contributed by atoms with E-state index < -0.39 is 29.5 Å². The fourth-order valence-corrected chi connectivity index (χ4v) is 5.26. The van der Waals surface area contributed by atoms with Gasteiger partial charge in [0.1, 0.15) is 17.7 Å². The van der Waals surface area contributed by atoms with Crippen molar-refractivity contribution in [1.82, 2.24) is 44.5 Å². The standard InChI is InChI=1S/C25H23F3N10O/c26-25(27,28)23-31-6-2-19(35-23)22(39)37-9-7-36(8-10-37)17-11-24(12-17,3-4-29)38-14-16(13-34-38)20-18-1-5-30-21(18)33-15-32-20/h1-2,5-6,13-15,17H,3,7-12H2,(H,30,32,33)/i17D. The van der Waals surface area contributed by atoms with Gasteiger partial charge in [-0.05, 0) is 25.0 Å². The summed E-state index contributed by atoms with van der Waals surface area (Å²) in [7, 11) is 0. The minimum absolute atomic E-state index is 0.172. The molecule has 1 aliphatic heterocycles. The van der Waals surface area contributed by atoms with E-state index in [1.165, 1.54) is 17.3 Å². The van der Waals surface area contributed by atoms with Gasteiger partial charge in [-0.25, -0.2) is 19.9 Å². The zero-order valence-electron chi connectivity index (χ0n) is 21.6. The number of nitriles is 1. The van der Waals surface area contributed by atoms with E-state index in [0.29, 0.717) is 37.3 Å². The molecule has 4 aromatic rings. The molecule has 0 spiro atoms. The SMILES string of the molecule is [2H]C1(N2CCN(C(=O)c3ccnc(C(F)(F)F)n3)CC2)CC(CC#N)(n2cc(-c3ncnc4[nH]ccc34)cn2)C1. The quantitative estimate of drug-likeness (QED) is 0.411. The van der Waals surface area contributed by atoms with Gasteiger partial charge in [0.25, 0.3) is 5.91 Å². The van der Waals surface area contributed by atoms with Gasteiger partial charge in [-0.3, -0.25) is 14.4 Å². The molecule has 0 unspecified atom stereocenters. The molecule has 11 nitrogen and oxygen atoms in total. The van der Waals surface area contributed by atoms with Gasteiger partial charge in [0.05, 0.1) is 29.9 Å². The first kappa shape index (κ1) is 23.7. The van der Waals surface area contributed by atoms with E-state index in [-0.39, 0.29) is 25.2 Å². The predicted octanol–water partition coefficient (Wildman–Crippen LogP) is 2.86. The maximum Gasteiger partial charge on any atom is 0.451 e. The summed E-state index contributed by atoms with van der Waals surface area (Å²) in [5, 5.41) is 15.0. The number of aromatic nitrogens is 7. The lowest BCUT2D eigenvalue weighted by Crippen LogP contribution is -2.60. The van der Waals surface area contributed by atoms with Crippen LogP contribution in [0.5, 0.6) is 0 Å². The van der Waals surface area contributed by atoms with Gasteiger partial charge in [0.15, 0.2) is 0 Å². The van der Waals surface area contributed by atoms with Crippen LogP contribution in [-0.2, 0) is 11.7 Å². The number of hydrogen-bond donors (Lipinski definition) is 1. The molecule has 1 aliphatic carbocycles. The van der Waals surface area contributed by atoms with Crippen LogP contribution in [-0.4, -0.2) is 82.6 Å². The van der Waals surface area contributed by atoms with E-state index >= 15 is 0 Å². The molecule has 2 aliphatic rings. The molecule has 1 saturated carbocycles. The molecule has 200 valence electrons. The number of rotatable bonds is 5. The highest BCUT2D eigenvalue weighted by atomic mass is 19.4. The number of carbonyl (C=O) groups excluding carboxylic acids is 1. The van der Waals surface area contributed by atoms with Crippen LogP contribution in [0.25, 0.3) is 22.3 Å². The average Bonchev–Trinajstić information content (AvgIpc) is 3.62. The summed E-state index contributed by atoms with van der Waals surface area (Å²) in [4.78, 5) is 34.5. The van der Waals surface area contributed by atoms with E-state index in [2.05, 4.69) is 36.1 Å². The van der Waals surface area contributed by atoms with Crippen molar-refractivity contribution in [3.8, 4) is 17.3 Å². The Hall–Kier alpha value is -4.38. The zero-order chi connectivity index (χ0) is 28.1. The second-order valence-electron chi connectivity index (χ2n) is 9.66. The molecule has 4 aromatic heterocycles. The van der Waals surface area contributed by atoms with Crippen LogP contribution in [0, 0.1) is 11.3 Å². The first-order valence-corrected chi connectivity index (χ1v) is 12.3. The van der Waals surface area contributed by atoms with Crippen LogP contribution in [0.1, 0.15) is 36.9 Å². The van der Waals surface area contributed by atoms with Crippen LogP contribution in [0.4, 0.5) is 13.2 Å². The normalized spacial score (nSPS) is 24.3. The van der Waals surface area contributed by atoms with E-state index in [1.54, 1.807) is 17.1 Å². The Morgan fingerprint density at radius 3 is 2.74 bits per heavy atom. The van der Waals surface area contributed by atoms with Crippen LogP contribution < -0.4 is 0 Å². The van der Waals surface area contributed by atoms with Gasteiger partial charge in [-0.15, -0.1) is 0 Å². The first-order chi connectivity index (χ1) is 19.1. The van der Waals surface area contributed by atoms with Crippen LogP contribution in [0.15, 0.2) is 43.2 Å². The molecule has 0 radical (unpaired) electrons. The molecule has 0 aromatic carbocycles. The lowest BCUT2D eigenvalue weighted by atomic mass is 9.70. The highest BCUT2D eigenvalue weighted by Gasteiger charge is 2.49. The minimum Gasteiger partial charge on any atom is -0.346 e. The molecule has 1 amide bonds. The first-order valence-electron chi connectivity index (χ1n) is 12.8. The number of halogens is 3. The molecule has 5 heterocycles. The summed E-state index contributed by atoms with van der Waals surface area (Å²) in [5.74, 6) is -1.96. The molecule has 0 atom stereocenters. The summed E-state index contributed by atoms with van der Waals surface area (Å²) in [6.45, 7) is 1.21. The van der Waals surface area contributed by atoms with Crippen molar-refractivity contribution >= 4 is 16.9 Å². The van der Waals surface area contributed by atoms with Crippen molar-refractivity contribution in [2.75, 3.05) is 26.2 Å². The molecule has 39 heavy (non-hydrogen) atoms. The van der Waals surface area contributed by atoms with Crippen LogP contribution >= 0.6 is 0 Å². The number of piperazine rings is 1. The number of aromatic amines is 1. The van der Waals surface area contributed by atoms with E-state index in [1.807, 2.05) is 17.2 Å². The van der Waals surface area contributed by atoms with Crippen molar-refractivity contribution in [2.45, 2.75) is 37.0 Å². The molecule has 1 saturated heterocycles. The lowest BCUT2D eigenvalue weighted by Gasteiger charge is -2.52. The number of hydrogen-bond acceptors (Lipinski definition) is 8. The van der Waals surface area contributed by atoms with E-state index in [4.69, 9.17) is 1.37 Å². The molecular formula is C25H23F3N10O. The third kappa shape index (κ3) is 4.48. The highest BCUT2D eigenvalue weighted by Crippen LogP contribution is 2.45. The molecule has 1 N–H and O–H groups in total. The summed E-state index contributed by atoms with van der Waals surface area (Å²) in [6, 6.07) is 4.32. The topological polar surface area (TPSA) is 133 Å². The van der Waals surface area contributed by atoms with Gasteiger partial charge in [0.2, 0.25) is 5.82 Å². The second-order valence-corrected chi connectivity index (χ2v) is 9.66. The zero-order valence-corrected chi connectivity index (χ0v) is 20.6.